The first-order valence-corrected chi connectivity index (χ1v) is 17.2. The smallest absolute Gasteiger partial charge is 0.125 e. The molecule has 0 N–H and O–H groups in total. The SMILES string of the molecule is COc1c(C2CCCCC2)cc(-c2cc(C3CCCCC3)c(OC)c(C3CCCCC3)c2)cc1C1CCCCC1. The van der Waals surface area contributed by atoms with Crippen molar-refractivity contribution < 1.29 is 9.47 Å². The lowest BCUT2D eigenvalue weighted by atomic mass is 9.76. The van der Waals surface area contributed by atoms with E-state index in [1.165, 1.54) is 173 Å². The van der Waals surface area contributed by atoms with Crippen molar-refractivity contribution in [3.63, 3.8) is 0 Å². The van der Waals surface area contributed by atoms with Gasteiger partial charge < -0.3 is 9.47 Å². The highest BCUT2D eigenvalue weighted by atomic mass is 16.5. The summed E-state index contributed by atoms with van der Waals surface area (Å²) in [6.07, 6.45) is 26.9. The molecule has 4 saturated carbocycles. The second-order valence-electron chi connectivity index (χ2n) is 13.7. The van der Waals surface area contributed by atoms with Crippen molar-refractivity contribution in [2.45, 2.75) is 152 Å². The Morgan fingerprint density at radius 2 is 0.600 bits per heavy atom. The zero-order chi connectivity index (χ0) is 27.3. The van der Waals surface area contributed by atoms with Crippen LogP contribution in [0.1, 0.15) is 174 Å². The predicted molar refractivity (Wildman–Crippen MR) is 168 cm³/mol. The number of hydrogen-bond acceptors (Lipinski definition) is 2. The summed E-state index contributed by atoms with van der Waals surface area (Å²) in [6, 6.07) is 10.3. The standard InChI is InChI=1S/C38H54O2/c1-39-37-33(27-15-7-3-8-16-27)23-31(24-34(37)28-17-9-4-10-18-28)32-25-35(29-19-11-5-12-20-29)38(40-2)36(26-32)30-21-13-6-14-22-30/h23-30H,3-22H2,1-2H3. The van der Waals surface area contributed by atoms with E-state index in [-0.39, 0.29) is 0 Å². The van der Waals surface area contributed by atoms with Crippen LogP contribution in [0.4, 0.5) is 0 Å². The lowest BCUT2D eigenvalue weighted by molar-refractivity contribution is 0.368. The number of hydrogen-bond donors (Lipinski definition) is 0. The van der Waals surface area contributed by atoms with E-state index >= 15 is 0 Å². The minimum atomic E-state index is 0.639. The molecule has 0 atom stereocenters. The summed E-state index contributed by atoms with van der Waals surface area (Å²) in [6.45, 7) is 0. The number of benzene rings is 2. The van der Waals surface area contributed by atoms with E-state index in [1.54, 1.807) is 0 Å². The van der Waals surface area contributed by atoms with E-state index in [2.05, 4.69) is 24.3 Å². The van der Waals surface area contributed by atoms with Gasteiger partial charge in [-0.15, -0.1) is 0 Å². The van der Waals surface area contributed by atoms with Gasteiger partial charge in [-0.05, 0) is 133 Å². The second kappa shape index (κ2) is 13.3. The summed E-state index contributed by atoms with van der Waals surface area (Å²) in [7, 11) is 3.87. The summed E-state index contributed by atoms with van der Waals surface area (Å²) >= 11 is 0. The van der Waals surface area contributed by atoms with Crippen LogP contribution in [0.3, 0.4) is 0 Å². The molecule has 0 saturated heterocycles. The monoisotopic (exact) mass is 542 g/mol. The Balaban J connectivity index is 1.51. The van der Waals surface area contributed by atoms with E-state index in [0.29, 0.717) is 23.7 Å². The highest BCUT2D eigenvalue weighted by Crippen LogP contribution is 2.49. The van der Waals surface area contributed by atoms with Gasteiger partial charge in [-0.25, -0.2) is 0 Å². The van der Waals surface area contributed by atoms with E-state index in [1.807, 2.05) is 14.2 Å². The van der Waals surface area contributed by atoms with Crippen molar-refractivity contribution in [2.24, 2.45) is 0 Å². The minimum Gasteiger partial charge on any atom is -0.496 e. The Labute approximate surface area is 244 Å². The lowest BCUT2D eigenvalue weighted by Gasteiger charge is -2.31. The predicted octanol–water partition coefficient (Wildman–Crippen LogP) is 11.6. The number of methoxy groups -OCH3 is 2. The molecule has 0 radical (unpaired) electrons. The van der Waals surface area contributed by atoms with Crippen LogP contribution in [0.25, 0.3) is 11.1 Å². The second-order valence-corrected chi connectivity index (χ2v) is 13.7. The van der Waals surface area contributed by atoms with Gasteiger partial charge in [0.1, 0.15) is 11.5 Å². The third-order valence-electron chi connectivity index (χ3n) is 11.2. The van der Waals surface area contributed by atoms with Crippen LogP contribution in [0, 0.1) is 0 Å². The molecule has 2 aromatic rings. The zero-order valence-corrected chi connectivity index (χ0v) is 25.6. The first kappa shape index (κ1) is 28.2. The molecule has 0 unspecified atom stereocenters. The molecule has 2 heteroatoms. The molecule has 2 nitrogen and oxygen atoms in total. The maximum atomic E-state index is 6.33. The summed E-state index contributed by atoms with van der Waals surface area (Å²) < 4.78 is 12.7. The third-order valence-corrected chi connectivity index (χ3v) is 11.2. The summed E-state index contributed by atoms with van der Waals surface area (Å²) in [5, 5.41) is 0. The van der Waals surface area contributed by atoms with Crippen LogP contribution in [0.2, 0.25) is 0 Å². The van der Waals surface area contributed by atoms with Gasteiger partial charge in [-0.2, -0.15) is 0 Å². The molecule has 4 aliphatic carbocycles. The topological polar surface area (TPSA) is 18.5 Å². The van der Waals surface area contributed by atoms with Crippen molar-refractivity contribution in [3.8, 4) is 22.6 Å². The van der Waals surface area contributed by atoms with Crippen molar-refractivity contribution in [1.82, 2.24) is 0 Å². The fourth-order valence-electron chi connectivity index (χ4n) is 9.02. The van der Waals surface area contributed by atoms with Gasteiger partial charge in [0, 0.05) is 0 Å². The van der Waals surface area contributed by atoms with Crippen LogP contribution in [0.5, 0.6) is 11.5 Å². The molecule has 0 bridgehead atoms. The molecular formula is C38H54O2. The van der Waals surface area contributed by atoms with Gasteiger partial charge in [0.05, 0.1) is 14.2 Å². The Morgan fingerprint density at radius 1 is 0.375 bits per heavy atom. The quantitative estimate of drug-likeness (QED) is 0.346. The average Bonchev–Trinajstić information content (AvgIpc) is 3.05. The van der Waals surface area contributed by atoms with Gasteiger partial charge >= 0.3 is 0 Å². The number of rotatable bonds is 7. The number of ether oxygens (including phenoxy) is 2. The molecule has 0 aliphatic heterocycles. The average molecular weight is 543 g/mol. The fraction of sp³-hybridized carbons (Fsp3) is 0.684. The Hall–Kier alpha value is -1.96. The summed E-state index contributed by atoms with van der Waals surface area (Å²) in [4.78, 5) is 0. The third kappa shape index (κ3) is 5.98. The maximum Gasteiger partial charge on any atom is 0.125 e. The Morgan fingerprint density at radius 3 is 0.800 bits per heavy atom. The molecule has 6 rings (SSSR count). The van der Waals surface area contributed by atoms with E-state index in [4.69, 9.17) is 9.47 Å². The molecule has 0 heterocycles. The van der Waals surface area contributed by atoms with Gasteiger partial charge in [-0.3, -0.25) is 0 Å². The zero-order valence-electron chi connectivity index (χ0n) is 25.6. The largest absolute Gasteiger partial charge is 0.496 e. The van der Waals surface area contributed by atoms with Crippen molar-refractivity contribution >= 4 is 0 Å². The van der Waals surface area contributed by atoms with Crippen molar-refractivity contribution in [1.29, 1.82) is 0 Å². The van der Waals surface area contributed by atoms with E-state index in [9.17, 15) is 0 Å². The Bertz CT molecular complexity index is 941. The highest BCUT2D eigenvalue weighted by Gasteiger charge is 2.29. The van der Waals surface area contributed by atoms with Gasteiger partial charge in [0.2, 0.25) is 0 Å². The summed E-state index contributed by atoms with van der Waals surface area (Å²) in [5.74, 6) is 5.02. The lowest BCUT2D eigenvalue weighted by Crippen LogP contribution is -2.13. The molecular weight excluding hydrogens is 488 g/mol. The molecule has 4 fully saturated rings. The minimum absolute atomic E-state index is 0.639. The first-order chi connectivity index (χ1) is 19.8. The molecule has 0 amide bonds. The van der Waals surface area contributed by atoms with Gasteiger partial charge in [-0.1, -0.05) is 77.0 Å². The normalized spacial score (nSPS) is 22.4. The van der Waals surface area contributed by atoms with Crippen LogP contribution in [0.15, 0.2) is 24.3 Å². The Kier molecular flexibility index (Phi) is 9.40. The molecule has 0 spiro atoms. The summed E-state index contributed by atoms with van der Waals surface area (Å²) in [5.41, 5.74) is 8.92. The fourth-order valence-corrected chi connectivity index (χ4v) is 9.02. The molecule has 218 valence electrons. The molecule has 4 aliphatic rings. The first-order valence-electron chi connectivity index (χ1n) is 17.2. The van der Waals surface area contributed by atoms with Crippen molar-refractivity contribution in [3.05, 3.63) is 46.5 Å². The van der Waals surface area contributed by atoms with Crippen molar-refractivity contribution in [2.75, 3.05) is 14.2 Å². The molecule has 0 aromatic heterocycles. The highest BCUT2D eigenvalue weighted by molar-refractivity contribution is 5.72. The van der Waals surface area contributed by atoms with Crippen LogP contribution in [-0.4, -0.2) is 14.2 Å². The molecule has 40 heavy (non-hydrogen) atoms. The van der Waals surface area contributed by atoms with Crippen LogP contribution < -0.4 is 9.47 Å². The molecule has 2 aromatic carbocycles. The van der Waals surface area contributed by atoms with Crippen LogP contribution >= 0.6 is 0 Å². The van der Waals surface area contributed by atoms with Gasteiger partial charge in [0.25, 0.3) is 0 Å². The van der Waals surface area contributed by atoms with E-state index in [0.717, 1.165) is 0 Å². The van der Waals surface area contributed by atoms with Crippen LogP contribution in [-0.2, 0) is 0 Å². The van der Waals surface area contributed by atoms with Gasteiger partial charge in [0.15, 0.2) is 0 Å². The maximum absolute atomic E-state index is 6.33. The van der Waals surface area contributed by atoms with E-state index < -0.39 is 0 Å².